The third-order valence-corrected chi connectivity index (χ3v) is 4.16. The Morgan fingerprint density at radius 3 is 2.92 bits per heavy atom. The van der Waals surface area contributed by atoms with E-state index < -0.39 is 5.91 Å². The van der Waals surface area contributed by atoms with Gasteiger partial charge in [0.1, 0.15) is 11.7 Å². The molecule has 130 valence electrons. The molecule has 0 aromatic carbocycles. The molecule has 0 saturated carbocycles. The minimum atomic E-state index is -0.522. The van der Waals surface area contributed by atoms with Crippen molar-refractivity contribution in [1.82, 2.24) is 14.6 Å². The molecule has 3 rings (SSSR count). The highest BCUT2D eigenvalue weighted by Gasteiger charge is 2.30. The molecular formula is C17H21N7O. The predicted octanol–water partition coefficient (Wildman–Crippen LogP) is 1.67. The maximum absolute atomic E-state index is 12.4. The maximum atomic E-state index is 12.4. The van der Waals surface area contributed by atoms with Crippen molar-refractivity contribution < 1.29 is 4.79 Å². The second-order valence-corrected chi connectivity index (χ2v) is 6.81. The van der Waals surface area contributed by atoms with Gasteiger partial charge in [-0.2, -0.15) is 4.99 Å². The third kappa shape index (κ3) is 3.57. The number of allylic oxidation sites excluding steroid dienone is 1. The molecule has 0 unspecified atom stereocenters. The van der Waals surface area contributed by atoms with Gasteiger partial charge >= 0.3 is 0 Å². The molecule has 1 saturated heterocycles. The molecule has 1 fully saturated rings. The van der Waals surface area contributed by atoms with Gasteiger partial charge in [-0.3, -0.25) is 4.79 Å². The van der Waals surface area contributed by atoms with Crippen LogP contribution in [-0.4, -0.2) is 45.6 Å². The van der Waals surface area contributed by atoms with E-state index in [1.54, 1.807) is 0 Å². The maximum Gasteiger partial charge on any atom is 0.299 e. The number of carbonyl (C=O) groups excluding carboxylic acids is 1. The number of nitrogens with two attached hydrogens (primary N) is 1. The number of imidazole rings is 1. The van der Waals surface area contributed by atoms with E-state index in [4.69, 9.17) is 11.1 Å². The minimum absolute atomic E-state index is 0.0286. The summed E-state index contributed by atoms with van der Waals surface area (Å²) in [5.74, 6) is 0.317. The van der Waals surface area contributed by atoms with Gasteiger partial charge in [0.05, 0.1) is 6.20 Å². The predicted molar refractivity (Wildman–Crippen MR) is 97.5 cm³/mol. The molecule has 1 aliphatic heterocycles. The highest BCUT2D eigenvalue weighted by atomic mass is 16.1. The highest BCUT2D eigenvalue weighted by molar-refractivity contribution is 6.06. The Kier molecular flexibility index (Phi) is 4.35. The molecule has 2 aromatic heterocycles. The van der Waals surface area contributed by atoms with Crippen LogP contribution in [0.25, 0.3) is 5.65 Å². The van der Waals surface area contributed by atoms with Crippen LogP contribution in [0.2, 0.25) is 0 Å². The van der Waals surface area contributed by atoms with E-state index >= 15 is 0 Å². The van der Waals surface area contributed by atoms with Crippen molar-refractivity contribution in [2.75, 3.05) is 18.0 Å². The van der Waals surface area contributed by atoms with Crippen LogP contribution in [-0.2, 0) is 0 Å². The van der Waals surface area contributed by atoms with E-state index in [9.17, 15) is 4.79 Å². The third-order valence-electron chi connectivity index (χ3n) is 4.16. The van der Waals surface area contributed by atoms with Gasteiger partial charge in [0.2, 0.25) is 0 Å². The average molecular weight is 339 g/mol. The Bertz CT molecular complexity index is 878. The van der Waals surface area contributed by atoms with Gasteiger partial charge in [-0.05, 0) is 36.1 Å². The number of amides is 1. The largest absolute Gasteiger partial charge is 0.384 e. The molecule has 3 N–H and O–H groups in total. The van der Waals surface area contributed by atoms with Crippen molar-refractivity contribution in [3.63, 3.8) is 0 Å². The molecule has 8 heteroatoms. The Balaban J connectivity index is 1.92. The number of anilines is 1. The summed E-state index contributed by atoms with van der Waals surface area (Å²) in [6.07, 6.45) is 6.39. The van der Waals surface area contributed by atoms with Crippen molar-refractivity contribution in [3.8, 4) is 0 Å². The van der Waals surface area contributed by atoms with Gasteiger partial charge in [-0.15, -0.1) is 5.10 Å². The first kappa shape index (κ1) is 16.8. The van der Waals surface area contributed by atoms with Crippen LogP contribution in [0.3, 0.4) is 0 Å². The first-order valence-corrected chi connectivity index (χ1v) is 8.05. The van der Waals surface area contributed by atoms with Crippen molar-refractivity contribution >= 4 is 29.4 Å². The van der Waals surface area contributed by atoms with Gasteiger partial charge in [0, 0.05) is 19.3 Å². The molecule has 0 atom stereocenters. The van der Waals surface area contributed by atoms with Crippen LogP contribution >= 0.6 is 0 Å². The molecule has 0 spiro atoms. The number of amidine groups is 1. The van der Waals surface area contributed by atoms with Gasteiger partial charge in [-0.1, -0.05) is 13.8 Å². The molecule has 0 bridgehead atoms. The summed E-state index contributed by atoms with van der Waals surface area (Å²) in [6, 6.07) is 3.76. The number of hydrogen-bond donors (Lipinski definition) is 2. The van der Waals surface area contributed by atoms with E-state index in [1.807, 2.05) is 12.1 Å². The number of hydrogen-bond acceptors (Lipinski definition) is 5. The highest BCUT2D eigenvalue weighted by Crippen LogP contribution is 2.31. The molecule has 25 heavy (non-hydrogen) atoms. The fourth-order valence-electron chi connectivity index (χ4n) is 2.84. The molecule has 1 amide bonds. The molecular weight excluding hydrogens is 318 g/mol. The number of nitrogens with one attached hydrogen (secondary N) is 1. The fourth-order valence-corrected chi connectivity index (χ4v) is 2.84. The topological polar surface area (TPSA) is 113 Å². The molecule has 2 aromatic rings. The van der Waals surface area contributed by atoms with Crippen LogP contribution in [0, 0.1) is 10.8 Å². The second kappa shape index (κ2) is 6.46. The monoisotopic (exact) mass is 339 g/mol. The lowest BCUT2D eigenvalue weighted by Crippen LogP contribution is -2.24. The summed E-state index contributed by atoms with van der Waals surface area (Å²) >= 11 is 0. The molecule has 0 radical (unpaired) electrons. The molecule has 1 aliphatic rings. The Labute approximate surface area is 145 Å². The second-order valence-electron chi connectivity index (χ2n) is 6.81. The molecule has 3 heterocycles. The summed E-state index contributed by atoms with van der Waals surface area (Å²) in [4.78, 5) is 22.6. The first-order valence-electron chi connectivity index (χ1n) is 8.05. The van der Waals surface area contributed by atoms with Crippen LogP contribution < -0.4 is 10.6 Å². The number of fused-ring (bicyclic) bond motifs is 1. The standard InChI is InChI=1S/C17H21N7O/c1-17(2)7-9-23(11-17)15-6-5-14-20-10-12(24(14)22-15)16(25)21-13(19)4-3-8-18/h3-6,8,10,18H,7,9,11H2,1-2H3,(H2,19,21,25)/b4-3-,18-8?. The van der Waals surface area contributed by atoms with Crippen LogP contribution in [0.5, 0.6) is 0 Å². The SMILES string of the molecule is CC1(C)CCN(c2ccc3ncc(C(=O)N=C(N)/C=C\C=N)n3n2)C1. The lowest BCUT2D eigenvalue weighted by molar-refractivity contribution is 0.0996. The van der Waals surface area contributed by atoms with Gasteiger partial charge in [0.25, 0.3) is 5.91 Å². The Hall–Kier alpha value is -3.03. The van der Waals surface area contributed by atoms with E-state index in [0.717, 1.165) is 31.5 Å². The van der Waals surface area contributed by atoms with E-state index in [2.05, 4.69) is 33.8 Å². The lowest BCUT2D eigenvalue weighted by atomic mass is 9.93. The summed E-state index contributed by atoms with van der Waals surface area (Å²) in [7, 11) is 0. The van der Waals surface area contributed by atoms with E-state index in [1.165, 1.54) is 22.9 Å². The van der Waals surface area contributed by atoms with Crippen LogP contribution in [0.1, 0.15) is 30.8 Å². The van der Waals surface area contributed by atoms with Crippen molar-refractivity contribution in [2.24, 2.45) is 16.1 Å². The summed E-state index contributed by atoms with van der Waals surface area (Å²) in [5, 5.41) is 11.5. The number of aliphatic imine (C=N–C) groups is 1. The minimum Gasteiger partial charge on any atom is -0.384 e. The fraction of sp³-hybridized carbons (Fsp3) is 0.353. The Morgan fingerprint density at radius 1 is 1.44 bits per heavy atom. The van der Waals surface area contributed by atoms with Gasteiger partial charge in [-0.25, -0.2) is 9.50 Å². The number of aromatic nitrogens is 3. The van der Waals surface area contributed by atoms with Gasteiger partial charge < -0.3 is 16.0 Å². The first-order chi connectivity index (χ1) is 11.9. The summed E-state index contributed by atoms with van der Waals surface area (Å²) < 4.78 is 1.50. The number of carbonyl (C=O) groups is 1. The zero-order chi connectivity index (χ0) is 18.0. The van der Waals surface area contributed by atoms with Crippen molar-refractivity contribution in [2.45, 2.75) is 20.3 Å². The molecule has 0 aliphatic carbocycles. The van der Waals surface area contributed by atoms with Crippen LogP contribution in [0.4, 0.5) is 5.82 Å². The van der Waals surface area contributed by atoms with Crippen molar-refractivity contribution in [1.29, 1.82) is 5.41 Å². The summed E-state index contributed by atoms with van der Waals surface area (Å²) in [5.41, 5.74) is 6.73. The van der Waals surface area contributed by atoms with Gasteiger partial charge in [0.15, 0.2) is 11.3 Å². The average Bonchev–Trinajstić information content (AvgIpc) is 3.15. The summed E-state index contributed by atoms with van der Waals surface area (Å²) in [6.45, 7) is 6.32. The zero-order valence-corrected chi connectivity index (χ0v) is 14.3. The lowest BCUT2D eigenvalue weighted by Gasteiger charge is -2.20. The smallest absolute Gasteiger partial charge is 0.299 e. The Morgan fingerprint density at radius 2 is 2.24 bits per heavy atom. The molecule has 8 nitrogen and oxygen atoms in total. The number of nitrogens with zero attached hydrogens (tertiary/aromatic N) is 5. The normalized spacial score (nSPS) is 17.5. The number of rotatable bonds is 4. The van der Waals surface area contributed by atoms with E-state index in [0.29, 0.717) is 5.65 Å². The quantitative estimate of drug-likeness (QED) is 0.650. The zero-order valence-electron chi connectivity index (χ0n) is 14.3. The van der Waals surface area contributed by atoms with Crippen molar-refractivity contribution in [3.05, 3.63) is 36.2 Å². The van der Waals surface area contributed by atoms with Crippen LogP contribution in [0.15, 0.2) is 35.5 Å². The van der Waals surface area contributed by atoms with E-state index in [-0.39, 0.29) is 16.9 Å².